The Morgan fingerprint density at radius 3 is 2.87 bits per heavy atom. The number of aromatic nitrogens is 3. The first-order valence-electron chi connectivity index (χ1n) is 9.85. The van der Waals surface area contributed by atoms with E-state index in [1.165, 1.54) is 0 Å². The molecule has 2 unspecified atom stereocenters. The Bertz CT molecular complexity index is 1200. The molecule has 5 rings (SSSR count). The van der Waals surface area contributed by atoms with E-state index in [4.69, 9.17) is 4.98 Å². The lowest BCUT2D eigenvalue weighted by molar-refractivity contribution is -0.117. The summed E-state index contributed by atoms with van der Waals surface area (Å²) in [4.78, 5) is 17.5. The number of carbonyl (C=O) groups is 1. The molecular weight excluding hydrogens is 396 g/mol. The van der Waals surface area contributed by atoms with E-state index < -0.39 is 0 Å². The van der Waals surface area contributed by atoms with Crippen molar-refractivity contribution in [2.45, 2.75) is 25.4 Å². The van der Waals surface area contributed by atoms with E-state index in [1.807, 2.05) is 62.6 Å². The molecule has 30 heavy (non-hydrogen) atoms. The highest BCUT2D eigenvalue weighted by Crippen LogP contribution is 2.31. The predicted molar refractivity (Wildman–Crippen MR) is 119 cm³/mol. The van der Waals surface area contributed by atoms with Crippen LogP contribution in [0.2, 0.25) is 0 Å². The number of thiazole rings is 1. The quantitative estimate of drug-likeness (QED) is 0.472. The van der Waals surface area contributed by atoms with Gasteiger partial charge in [-0.15, -0.1) is 11.3 Å². The second kappa shape index (κ2) is 7.64. The Morgan fingerprint density at radius 1 is 1.20 bits per heavy atom. The van der Waals surface area contributed by atoms with Gasteiger partial charge in [0.1, 0.15) is 11.0 Å². The number of carbonyl (C=O) groups excluding carboxylic acids is 1. The second-order valence-electron chi connectivity index (χ2n) is 7.53. The largest absolute Gasteiger partial charge is 0.325 e. The van der Waals surface area contributed by atoms with Gasteiger partial charge in [0.15, 0.2) is 0 Å². The Kier molecular flexibility index (Phi) is 4.82. The number of para-hydroxylation sites is 1. The molecule has 3 N–H and O–H groups in total. The number of aryl methyl sites for hydroxylation is 2. The van der Waals surface area contributed by atoms with Crippen molar-refractivity contribution in [1.82, 2.24) is 25.6 Å². The lowest BCUT2D eigenvalue weighted by Crippen LogP contribution is -2.39. The summed E-state index contributed by atoms with van der Waals surface area (Å²) in [5.74, 6) is -0.0620. The second-order valence-corrected chi connectivity index (χ2v) is 8.56. The van der Waals surface area contributed by atoms with Crippen molar-refractivity contribution < 1.29 is 4.79 Å². The molecule has 0 radical (unpaired) electrons. The average molecular weight is 419 g/mol. The summed E-state index contributed by atoms with van der Waals surface area (Å²) in [7, 11) is 1.90. The first-order valence-corrected chi connectivity index (χ1v) is 10.7. The van der Waals surface area contributed by atoms with Crippen molar-refractivity contribution in [3.63, 3.8) is 0 Å². The molecule has 0 saturated carbocycles. The zero-order valence-electron chi connectivity index (χ0n) is 16.7. The zero-order valence-corrected chi connectivity index (χ0v) is 17.5. The number of fused-ring (bicyclic) bond motifs is 1. The van der Waals surface area contributed by atoms with Crippen LogP contribution in [0, 0.1) is 6.92 Å². The third kappa shape index (κ3) is 3.60. The van der Waals surface area contributed by atoms with Crippen LogP contribution in [0.25, 0.3) is 20.8 Å². The number of nitrogens with one attached hydrogen (secondary N) is 3. The number of anilines is 1. The van der Waals surface area contributed by atoms with Crippen molar-refractivity contribution in [1.29, 1.82) is 0 Å². The number of amides is 1. The van der Waals surface area contributed by atoms with Gasteiger partial charge in [0.25, 0.3) is 0 Å². The zero-order chi connectivity index (χ0) is 20.7. The Hall–Kier alpha value is -3.07. The molecular formula is C22H22N6OS. The minimum Gasteiger partial charge on any atom is -0.325 e. The maximum absolute atomic E-state index is 12.8. The number of rotatable bonds is 4. The molecule has 3 heterocycles. The summed E-state index contributed by atoms with van der Waals surface area (Å²) in [6.45, 7) is 1.98. The molecule has 7 nitrogen and oxygen atoms in total. The van der Waals surface area contributed by atoms with Crippen molar-refractivity contribution >= 4 is 33.1 Å². The van der Waals surface area contributed by atoms with Crippen molar-refractivity contribution in [3.8, 4) is 10.6 Å². The monoisotopic (exact) mass is 418 g/mol. The first-order chi connectivity index (χ1) is 14.6. The van der Waals surface area contributed by atoms with Crippen LogP contribution in [-0.4, -0.2) is 26.7 Å². The fraction of sp³-hybridized carbons (Fsp3) is 0.227. The molecule has 2 aromatic carbocycles. The van der Waals surface area contributed by atoms with Gasteiger partial charge < -0.3 is 5.32 Å². The van der Waals surface area contributed by atoms with Crippen LogP contribution in [-0.2, 0) is 11.8 Å². The molecule has 1 aliphatic rings. The van der Waals surface area contributed by atoms with Gasteiger partial charge in [-0.3, -0.25) is 9.48 Å². The van der Waals surface area contributed by atoms with Crippen LogP contribution in [0.5, 0.6) is 0 Å². The highest BCUT2D eigenvalue weighted by atomic mass is 32.1. The van der Waals surface area contributed by atoms with Crippen LogP contribution in [0.1, 0.15) is 23.7 Å². The number of hydrazine groups is 1. The van der Waals surface area contributed by atoms with Crippen LogP contribution in [0.15, 0.2) is 54.7 Å². The van der Waals surface area contributed by atoms with Crippen LogP contribution in [0.4, 0.5) is 5.69 Å². The number of nitrogens with zero attached hydrogens (tertiary/aromatic N) is 3. The SMILES string of the molecule is Cc1nn(C)cc1C1CC(C(=O)Nc2cccc(-c3nc4ccccc4s3)c2)NN1. The summed E-state index contributed by atoms with van der Waals surface area (Å²) < 4.78 is 2.95. The smallest absolute Gasteiger partial charge is 0.242 e. The van der Waals surface area contributed by atoms with Gasteiger partial charge in [0.2, 0.25) is 5.91 Å². The van der Waals surface area contributed by atoms with E-state index in [0.29, 0.717) is 6.42 Å². The molecule has 1 amide bonds. The van der Waals surface area contributed by atoms with E-state index in [0.717, 1.165) is 37.7 Å². The Morgan fingerprint density at radius 2 is 2.07 bits per heavy atom. The lowest BCUT2D eigenvalue weighted by Gasteiger charge is -2.11. The topological polar surface area (TPSA) is 83.9 Å². The molecule has 1 fully saturated rings. The molecule has 2 atom stereocenters. The summed E-state index contributed by atoms with van der Waals surface area (Å²) in [6.07, 6.45) is 2.66. The predicted octanol–water partition coefficient (Wildman–Crippen LogP) is 3.55. The van der Waals surface area contributed by atoms with Crippen LogP contribution >= 0.6 is 11.3 Å². The Labute approximate surface area is 178 Å². The fourth-order valence-electron chi connectivity index (χ4n) is 3.85. The van der Waals surface area contributed by atoms with Crippen molar-refractivity contribution in [2.75, 3.05) is 5.32 Å². The summed E-state index contributed by atoms with van der Waals surface area (Å²) in [5.41, 5.74) is 11.2. The number of hydrogen-bond donors (Lipinski definition) is 3. The minimum absolute atomic E-state index is 0.0588. The highest BCUT2D eigenvalue weighted by molar-refractivity contribution is 7.21. The summed E-state index contributed by atoms with van der Waals surface area (Å²) in [5, 5.41) is 8.37. The van der Waals surface area contributed by atoms with Gasteiger partial charge in [0, 0.05) is 30.1 Å². The van der Waals surface area contributed by atoms with E-state index >= 15 is 0 Å². The molecule has 0 aliphatic carbocycles. The molecule has 4 aromatic rings. The molecule has 1 saturated heterocycles. The van der Waals surface area contributed by atoms with E-state index in [9.17, 15) is 4.79 Å². The van der Waals surface area contributed by atoms with Gasteiger partial charge in [-0.25, -0.2) is 15.8 Å². The third-order valence-electron chi connectivity index (χ3n) is 5.32. The van der Waals surface area contributed by atoms with Crippen LogP contribution < -0.4 is 16.2 Å². The molecule has 2 aromatic heterocycles. The van der Waals surface area contributed by atoms with Gasteiger partial charge >= 0.3 is 0 Å². The van der Waals surface area contributed by atoms with Crippen molar-refractivity contribution in [2.24, 2.45) is 7.05 Å². The first kappa shape index (κ1) is 18.9. The van der Waals surface area contributed by atoms with E-state index in [2.05, 4.69) is 27.3 Å². The summed E-state index contributed by atoms with van der Waals surface area (Å²) >= 11 is 1.65. The fourth-order valence-corrected chi connectivity index (χ4v) is 4.81. The summed E-state index contributed by atoms with van der Waals surface area (Å²) in [6, 6.07) is 15.7. The van der Waals surface area contributed by atoms with Gasteiger partial charge in [0.05, 0.1) is 22.0 Å². The molecule has 152 valence electrons. The van der Waals surface area contributed by atoms with Crippen molar-refractivity contribution in [3.05, 3.63) is 66.0 Å². The highest BCUT2D eigenvalue weighted by Gasteiger charge is 2.31. The van der Waals surface area contributed by atoms with E-state index in [-0.39, 0.29) is 18.0 Å². The van der Waals surface area contributed by atoms with Crippen LogP contribution in [0.3, 0.4) is 0 Å². The number of benzene rings is 2. The minimum atomic E-state index is -0.319. The molecule has 1 aliphatic heterocycles. The maximum Gasteiger partial charge on any atom is 0.242 e. The standard InChI is InChI=1S/C22H22N6OS/c1-13-16(12-28(2)27-13)18-11-19(26-25-18)21(29)23-15-7-5-6-14(10-15)22-24-17-8-3-4-9-20(17)30-22/h3-10,12,18-19,25-26H,11H2,1-2H3,(H,23,29). The van der Waals surface area contributed by atoms with Gasteiger partial charge in [-0.2, -0.15) is 5.10 Å². The molecule has 0 bridgehead atoms. The maximum atomic E-state index is 12.8. The Balaban J connectivity index is 1.29. The lowest BCUT2D eigenvalue weighted by atomic mass is 10.0. The molecule has 0 spiro atoms. The normalized spacial score (nSPS) is 18.7. The number of hydrogen-bond acceptors (Lipinski definition) is 6. The molecule has 8 heteroatoms. The van der Waals surface area contributed by atoms with Gasteiger partial charge in [-0.05, 0) is 37.6 Å². The third-order valence-corrected chi connectivity index (χ3v) is 6.40. The van der Waals surface area contributed by atoms with Gasteiger partial charge in [-0.1, -0.05) is 24.3 Å². The average Bonchev–Trinajstić information content (AvgIpc) is 3.46. The van der Waals surface area contributed by atoms with E-state index in [1.54, 1.807) is 16.0 Å².